The maximum absolute atomic E-state index is 9.76. The van der Waals surface area contributed by atoms with Crippen molar-refractivity contribution in [2.45, 2.75) is 38.1 Å². The fourth-order valence-corrected chi connectivity index (χ4v) is 4.46. The molecule has 1 aliphatic carbocycles. The van der Waals surface area contributed by atoms with Gasteiger partial charge in [0.2, 0.25) is 0 Å². The first-order valence-corrected chi connectivity index (χ1v) is 10.6. The molecule has 1 aliphatic rings. The van der Waals surface area contributed by atoms with Gasteiger partial charge in [-0.3, -0.25) is 4.40 Å². The number of hydrogen-bond acceptors (Lipinski definition) is 6. The van der Waals surface area contributed by atoms with Crippen molar-refractivity contribution in [2.24, 2.45) is 11.7 Å². The number of fused-ring (bicyclic) bond motifs is 1. The largest absolute Gasteiger partial charge is 0.495 e. The molecule has 1 aromatic carbocycles. The molecule has 1 saturated carbocycles. The van der Waals surface area contributed by atoms with E-state index in [1.807, 2.05) is 34.7 Å². The molecule has 0 saturated heterocycles. The van der Waals surface area contributed by atoms with Crippen LogP contribution in [0.3, 0.4) is 0 Å². The molecule has 8 heteroatoms. The van der Waals surface area contributed by atoms with E-state index in [-0.39, 0.29) is 17.9 Å². The zero-order valence-electron chi connectivity index (χ0n) is 18.6. The van der Waals surface area contributed by atoms with Gasteiger partial charge in [-0.25, -0.2) is 4.98 Å². The van der Waals surface area contributed by atoms with Crippen molar-refractivity contribution in [1.29, 1.82) is 5.26 Å². The SMILES string of the molecule is CC[C@@H]1CC[C@](N)(COc2cc(-c3cnc4cccc(OC)n34)cc(OC)c2C#N)C1.Cl. The average molecular weight is 457 g/mol. The molecule has 4 rings (SSSR count). The van der Waals surface area contributed by atoms with Crippen LogP contribution in [0.4, 0.5) is 0 Å². The number of nitriles is 1. The molecule has 1 fully saturated rings. The number of hydrogen-bond donors (Lipinski definition) is 1. The van der Waals surface area contributed by atoms with Crippen molar-refractivity contribution in [3.63, 3.8) is 0 Å². The summed E-state index contributed by atoms with van der Waals surface area (Å²) >= 11 is 0. The second kappa shape index (κ2) is 9.68. The molecule has 0 amide bonds. The standard InChI is InChI=1S/C24H28N4O3.ClH/c1-4-16-8-9-24(26,12-16)15-31-21-11-17(10-20(29-2)18(21)13-25)19-14-27-22-6-5-7-23(30-3)28(19)22;/h5-7,10-11,14,16H,4,8-9,12,15,26H2,1-3H3;1H/t16-,24-;/m1./s1. The molecule has 0 unspecified atom stereocenters. The predicted molar refractivity (Wildman–Crippen MR) is 126 cm³/mol. The number of methoxy groups -OCH3 is 2. The van der Waals surface area contributed by atoms with E-state index in [2.05, 4.69) is 18.0 Å². The van der Waals surface area contributed by atoms with E-state index in [1.165, 1.54) is 0 Å². The highest BCUT2D eigenvalue weighted by atomic mass is 35.5. The van der Waals surface area contributed by atoms with E-state index in [9.17, 15) is 5.26 Å². The lowest BCUT2D eigenvalue weighted by Crippen LogP contribution is -2.43. The van der Waals surface area contributed by atoms with Gasteiger partial charge in [-0.05, 0) is 49.4 Å². The fraction of sp³-hybridized carbons (Fsp3) is 0.417. The van der Waals surface area contributed by atoms with Gasteiger partial charge in [0.1, 0.15) is 35.4 Å². The summed E-state index contributed by atoms with van der Waals surface area (Å²) in [6.45, 7) is 2.56. The molecular weight excluding hydrogens is 428 g/mol. The van der Waals surface area contributed by atoms with Crippen molar-refractivity contribution < 1.29 is 14.2 Å². The Morgan fingerprint density at radius 2 is 2.03 bits per heavy atom. The van der Waals surface area contributed by atoms with Crippen LogP contribution < -0.4 is 19.9 Å². The van der Waals surface area contributed by atoms with Crippen molar-refractivity contribution in [3.05, 3.63) is 42.1 Å². The van der Waals surface area contributed by atoms with Crippen LogP contribution in [0.1, 0.15) is 38.2 Å². The van der Waals surface area contributed by atoms with Crippen molar-refractivity contribution >= 4 is 18.1 Å². The zero-order chi connectivity index (χ0) is 22.0. The minimum atomic E-state index is -0.372. The lowest BCUT2D eigenvalue weighted by Gasteiger charge is -2.25. The Labute approximate surface area is 194 Å². The number of halogens is 1. The summed E-state index contributed by atoms with van der Waals surface area (Å²) in [6.07, 6.45) is 5.88. The van der Waals surface area contributed by atoms with E-state index < -0.39 is 0 Å². The summed E-state index contributed by atoms with van der Waals surface area (Å²) in [5.41, 5.74) is 8.99. The second-order valence-corrected chi connectivity index (χ2v) is 8.24. The Hall–Kier alpha value is -2.95. The van der Waals surface area contributed by atoms with Crippen LogP contribution in [0.25, 0.3) is 16.9 Å². The quantitative estimate of drug-likeness (QED) is 0.558. The number of pyridine rings is 1. The van der Waals surface area contributed by atoms with Gasteiger partial charge in [0.25, 0.3) is 0 Å². The molecule has 170 valence electrons. The maximum atomic E-state index is 9.76. The summed E-state index contributed by atoms with van der Waals surface area (Å²) in [4.78, 5) is 4.49. The Morgan fingerprint density at radius 1 is 1.25 bits per heavy atom. The Balaban J connectivity index is 0.00000289. The molecule has 32 heavy (non-hydrogen) atoms. The zero-order valence-corrected chi connectivity index (χ0v) is 19.4. The fourth-order valence-electron chi connectivity index (χ4n) is 4.46. The first-order chi connectivity index (χ1) is 15.0. The van der Waals surface area contributed by atoms with E-state index >= 15 is 0 Å². The second-order valence-electron chi connectivity index (χ2n) is 8.24. The van der Waals surface area contributed by atoms with E-state index in [1.54, 1.807) is 20.4 Å². The summed E-state index contributed by atoms with van der Waals surface area (Å²) in [6, 6.07) is 11.6. The minimum Gasteiger partial charge on any atom is -0.495 e. The topological polar surface area (TPSA) is 94.8 Å². The molecule has 0 spiro atoms. The summed E-state index contributed by atoms with van der Waals surface area (Å²) in [7, 11) is 3.17. The lowest BCUT2D eigenvalue weighted by atomic mass is 9.97. The Morgan fingerprint density at radius 3 is 2.69 bits per heavy atom. The summed E-state index contributed by atoms with van der Waals surface area (Å²) in [5.74, 6) is 2.21. The van der Waals surface area contributed by atoms with Gasteiger partial charge in [0, 0.05) is 5.56 Å². The smallest absolute Gasteiger partial charge is 0.199 e. The van der Waals surface area contributed by atoms with Gasteiger partial charge in [0.15, 0.2) is 5.88 Å². The van der Waals surface area contributed by atoms with Crippen LogP contribution in [0.5, 0.6) is 17.4 Å². The van der Waals surface area contributed by atoms with Gasteiger partial charge in [0.05, 0.1) is 31.6 Å². The minimum absolute atomic E-state index is 0. The van der Waals surface area contributed by atoms with Crippen LogP contribution >= 0.6 is 12.4 Å². The molecule has 7 nitrogen and oxygen atoms in total. The van der Waals surface area contributed by atoms with Crippen LogP contribution in [0.2, 0.25) is 0 Å². The molecule has 2 heterocycles. The number of imidazole rings is 1. The van der Waals surface area contributed by atoms with Crippen LogP contribution in [-0.4, -0.2) is 35.8 Å². The highest BCUT2D eigenvalue weighted by Crippen LogP contribution is 2.38. The summed E-state index contributed by atoms with van der Waals surface area (Å²) < 4.78 is 19.1. The number of benzene rings is 1. The third-order valence-electron chi connectivity index (χ3n) is 6.23. The molecule has 2 atom stereocenters. The summed E-state index contributed by atoms with van der Waals surface area (Å²) in [5, 5.41) is 9.76. The third kappa shape index (κ3) is 4.34. The van der Waals surface area contributed by atoms with Gasteiger partial charge >= 0.3 is 0 Å². The monoisotopic (exact) mass is 456 g/mol. The van der Waals surface area contributed by atoms with Crippen LogP contribution in [0, 0.1) is 17.2 Å². The predicted octanol–water partition coefficient (Wildman–Crippen LogP) is 4.60. The molecule has 3 aromatic rings. The van der Waals surface area contributed by atoms with Crippen LogP contribution in [-0.2, 0) is 0 Å². The van der Waals surface area contributed by atoms with Crippen molar-refractivity contribution in [3.8, 4) is 34.7 Å². The normalized spacial score (nSPS) is 19.9. The van der Waals surface area contributed by atoms with Crippen molar-refractivity contribution in [1.82, 2.24) is 9.38 Å². The Bertz CT molecular complexity index is 1140. The Kier molecular flexibility index (Phi) is 7.17. The first kappa shape index (κ1) is 23.7. The molecule has 0 aliphatic heterocycles. The molecule has 0 bridgehead atoms. The number of nitrogens with two attached hydrogens (primary N) is 1. The highest BCUT2D eigenvalue weighted by molar-refractivity contribution is 5.85. The van der Waals surface area contributed by atoms with E-state index in [4.69, 9.17) is 19.9 Å². The van der Waals surface area contributed by atoms with Gasteiger partial charge in [-0.15, -0.1) is 12.4 Å². The maximum Gasteiger partial charge on any atom is 0.199 e. The molecule has 2 aromatic heterocycles. The number of rotatable bonds is 7. The lowest BCUT2D eigenvalue weighted by molar-refractivity contribution is 0.214. The number of nitrogens with zero attached hydrogens (tertiary/aromatic N) is 3. The van der Waals surface area contributed by atoms with E-state index in [0.29, 0.717) is 35.5 Å². The van der Waals surface area contributed by atoms with Gasteiger partial charge in [-0.1, -0.05) is 19.4 Å². The van der Waals surface area contributed by atoms with Crippen molar-refractivity contribution in [2.75, 3.05) is 20.8 Å². The van der Waals surface area contributed by atoms with Crippen LogP contribution in [0.15, 0.2) is 36.5 Å². The highest BCUT2D eigenvalue weighted by Gasteiger charge is 2.36. The van der Waals surface area contributed by atoms with Gasteiger partial charge in [-0.2, -0.15) is 5.26 Å². The molecule has 2 N–H and O–H groups in total. The van der Waals surface area contributed by atoms with Gasteiger partial charge < -0.3 is 19.9 Å². The molecule has 0 radical (unpaired) electrons. The first-order valence-electron chi connectivity index (χ1n) is 10.6. The van der Waals surface area contributed by atoms with E-state index in [0.717, 1.165) is 42.6 Å². The average Bonchev–Trinajstić information content (AvgIpc) is 3.40. The third-order valence-corrected chi connectivity index (χ3v) is 6.23. The number of ether oxygens (including phenoxy) is 3. The molecular formula is C24H29ClN4O3. The number of aromatic nitrogens is 2.